The van der Waals surface area contributed by atoms with Crippen molar-refractivity contribution in [1.29, 1.82) is 0 Å². The van der Waals surface area contributed by atoms with E-state index in [2.05, 4.69) is 12.2 Å². The maximum Gasteiger partial charge on any atom is 0.265 e. The van der Waals surface area contributed by atoms with Gasteiger partial charge in [0.05, 0.1) is 10.6 Å². The third kappa shape index (κ3) is 4.12. The Labute approximate surface area is 180 Å². The summed E-state index contributed by atoms with van der Waals surface area (Å²) in [5.74, 6) is 0.403. The smallest absolute Gasteiger partial charge is 0.265 e. The molecule has 1 aromatic carbocycles. The Morgan fingerprint density at radius 3 is 2.80 bits per heavy atom. The molecule has 1 aliphatic carbocycles. The van der Waals surface area contributed by atoms with Crippen molar-refractivity contribution in [3.05, 3.63) is 45.6 Å². The Hall–Kier alpha value is -2.67. The molecule has 0 unspecified atom stereocenters. The first-order valence-electron chi connectivity index (χ1n) is 10.4. The van der Waals surface area contributed by atoms with Gasteiger partial charge in [0.1, 0.15) is 12.3 Å². The highest BCUT2D eigenvalue weighted by atomic mass is 32.1. The summed E-state index contributed by atoms with van der Waals surface area (Å²) < 4.78 is 5.59. The zero-order valence-corrected chi connectivity index (χ0v) is 18.1. The Kier molecular flexibility index (Phi) is 5.90. The van der Waals surface area contributed by atoms with Crippen molar-refractivity contribution >= 4 is 34.6 Å². The van der Waals surface area contributed by atoms with Crippen LogP contribution in [0.25, 0.3) is 0 Å². The Morgan fingerprint density at radius 1 is 1.27 bits per heavy atom. The van der Waals surface area contributed by atoms with Crippen LogP contribution in [0.2, 0.25) is 0 Å². The van der Waals surface area contributed by atoms with E-state index in [1.165, 1.54) is 22.7 Å². The fraction of sp³-hybridized carbons (Fsp3) is 0.435. The van der Waals surface area contributed by atoms with Gasteiger partial charge in [-0.15, -0.1) is 11.3 Å². The summed E-state index contributed by atoms with van der Waals surface area (Å²) in [6, 6.07) is 7.22. The molecular weight excluding hydrogens is 400 g/mol. The maximum atomic E-state index is 12.9. The van der Waals surface area contributed by atoms with Crippen LogP contribution in [0.3, 0.4) is 0 Å². The van der Waals surface area contributed by atoms with Gasteiger partial charge in [0.2, 0.25) is 11.7 Å². The second kappa shape index (κ2) is 8.60. The van der Waals surface area contributed by atoms with Crippen molar-refractivity contribution in [3.63, 3.8) is 0 Å². The van der Waals surface area contributed by atoms with Gasteiger partial charge >= 0.3 is 0 Å². The van der Waals surface area contributed by atoms with Crippen molar-refractivity contribution in [2.45, 2.75) is 45.6 Å². The van der Waals surface area contributed by atoms with E-state index in [0.717, 1.165) is 24.8 Å². The topological polar surface area (TPSA) is 75.7 Å². The van der Waals surface area contributed by atoms with E-state index >= 15 is 0 Å². The van der Waals surface area contributed by atoms with Crippen molar-refractivity contribution < 1.29 is 19.1 Å². The Morgan fingerprint density at radius 2 is 2.07 bits per heavy atom. The quantitative estimate of drug-likeness (QED) is 0.740. The third-order valence-electron chi connectivity index (χ3n) is 6.00. The molecule has 2 aliphatic rings. The number of rotatable bonds is 5. The number of aryl methyl sites for hydroxylation is 1. The number of nitrogens with zero attached hydrogens (tertiary/aromatic N) is 1. The third-order valence-corrected chi connectivity index (χ3v) is 6.87. The molecule has 7 heteroatoms. The van der Waals surface area contributed by atoms with E-state index < -0.39 is 0 Å². The lowest BCUT2D eigenvalue weighted by Crippen LogP contribution is -2.49. The number of ketones is 1. The van der Waals surface area contributed by atoms with Gasteiger partial charge in [-0.3, -0.25) is 19.3 Å². The molecule has 2 amide bonds. The summed E-state index contributed by atoms with van der Waals surface area (Å²) in [5.41, 5.74) is 1.77. The highest BCUT2D eigenvalue weighted by molar-refractivity contribution is 7.12. The van der Waals surface area contributed by atoms with Crippen LogP contribution in [-0.2, 0) is 9.59 Å². The fourth-order valence-corrected chi connectivity index (χ4v) is 4.91. The lowest BCUT2D eigenvalue weighted by atomic mass is 9.86. The van der Waals surface area contributed by atoms with Gasteiger partial charge in [-0.05, 0) is 54.8 Å². The van der Waals surface area contributed by atoms with Crippen LogP contribution >= 0.6 is 11.3 Å². The Bertz CT molecular complexity index is 970. The number of amides is 2. The highest BCUT2D eigenvalue weighted by Crippen LogP contribution is 2.36. The number of ether oxygens (including phenoxy) is 1. The minimum absolute atomic E-state index is 0.0753. The second-order valence-corrected chi connectivity index (χ2v) is 9.09. The lowest BCUT2D eigenvalue weighted by molar-refractivity contribution is -0.126. The monoisotopic (exact) mass is 426 g/mol. The summed E-state index contributed by atoms with van der Waals surface area (Å²) in [7, 11) is 0. The molecule has 4 rings (SSSR count). The molecule has 2 aromatic rings. The summed E-state index contributed by atoms with van der Waals surface area (Å²) >= 11 is 1.38. The molecule has 0 spiro atoms. The van der Waals surface area contributed by atoms with Crippen LogP contribution in [0.1, 0.15) is 53.4 Å². The van der Waals surface area contributed by atoms with Crippen LogP contribution < -0.4 is 15.0 Å². The van der Waals surface area contributed by atoms with Crippen molar-refractivity contribution in [2.75, 3.05) is 18.1 Å². The van der Waals surface area contributed by atoms with Crippen molar-refractivity contribution in [3.8, 4) is 5.75 Å². The van der Waals surface area contributed by atoms with Gasteiger partial charge in [0.25, 0.3) is 5.91 Å². The number of anilines is 1. The Balaban J connectivity index is 1.58. The number of carbonyl (C=O) groups excluding carboxylic acids is 3. The molecule has 1 N–H and O–H groups in total. The predicted octanol–water partition coefficient (Wildman–Crippen LogP) is 3.71. The second-order valence-electron chi connectivity index (χ2n) is 8.15. The first kappa shape index (κ1) is 20.6. The fourth-order valence-electron chi connectivity index (χ4n) is 4.23. The van der Waals surface area contributed by atoms with Crippen LogP contribution in [0.4, 0.5) is 5.69 Å². The summed E-state index contributed by atoms with van der Waals surface area (Å²) in [5, 5.41) is 4.96. The van der Waals surface area contributed by atoms with E-state index in [0.29, 0.717) is 27.8 Å². The molecule has 0 bridgehead atoms. The number of fused-ring (bicyclic) bond motifs is 1. The van der Waals surface area contributed by atoms with Crippen molar-refractivity contribution in [2.24, 2.45) is 5.92 Å². The molecule has 1 aliphatic heterocycles. The minimum Gasteiger partial charge on any atom is -0.482 e. The average Bonchev–Trinajstić information content (AvgIpc) is 3.26. The zero-order valence-electron chi connectivity index (χ0n) is 17.3. The summed E-state index contributed by atoms with van der Waals surface area (Å²) in [6.07, 6.45) is 4.39. The molecule has 6 nitrogen and oxygen atoms in total. The van der Waals surface area contributed by atoms with Gasteiger partial charge in [-0.2, -0.15) is 0 Å². The largest absolute Gasteiger partial charge is 0.482 e. The van der Waals surface area contributed by atoms with Gasteiger partial charge in [0, 0.05) is 11.6 Å². The van der Waals surface area contributed by atoms with Crippen LogP contribution in [0.15, 0.2) is 29.6 Å². The first-order chi connectivity index (χ1) is 14.4. The van der Waals surface area contributed by atoms with Gasteiger partial charge in [-0.25, -0.2) is 0 Å². The predicted molar refractivity (Wildman–Crippen MR) is 116 cm³/mol. The SMILES string of the molecule is Cc1cc2c(cc1C(=O)c1cccs1)N(CC(=O)N[C@@H]1CCCC[C@H]1C)C(=O)CO2. The highest BCUT2D eigenvalue weighted by Gasteiger charge is 2.31. The molecule has 1 fully saturated rings. The maximum absolute atomic E-state index is 12.9. The summed E-state index contributed by atoms with van der Waals surface area (Å²) in [4.78, 5) is 40.3. The number of hydrogen-bond donors (Lipinski definition) is 1. The molecule has 1 saturated carbocycles. The molecule has 158 valence electrons. The number of carbonyl (C=O) groups is 3. The summed E-state index contributed by atoms with van der Waals surface area (Å²) in [6.45, 7) is 3.82. The lowest BCUT2D eigenvalue weighted by Gasteiger charge is -2.32. The average molecular weight is 427 g/mol. The van der Waals surface area contributed by atoms with Gasteiger partial charge < -0.3 is 10.1 Å². The van der Waals surface area contributed by atoms with Crippen molar-refractivity contribution in [1.82, 2.24) is 5.32 Å². The van der Waals surface area contributed by atoms with E-state index in [1.807, 2.05) is 18.4 Å². The molecule has 1 aromatic heterocycles. The first-order valence-corrected chi connectivity index (χ1v) is 11.3. The van der Waals surface area contributed by atoms with E-state index in [-0.39, 0.29) is 36.8 Å². The molecule has 0 radical (unpaired) electrons. The van der Waals surface area contributed by atoms with E-state index in [4.69, 9.17) is 4.74 Å². The van der Waals surface area contributed by atoms with Crippen LogP contribution in [0, 0.1) is 12.8 Å². The number of benzene rings is 1. The normalized spacial score (nSPS) is 21.0. The molecule has 0 saturated heterocycles. The molecular formula is C23H26N2O4S. The van der Waals surface area contributed by atoms with Gasteiger partial charge in [0.15, 0.2) is 6.61 Å². The van der Waals surface area contributed by atoms with E-state index in [1.54, 1.807) is 18.2 Å². The van der Waals surface area contributed by atoms with Gasteiger partial charge in [-0.1, -0.05) is 25.8 Å². The van der Waals surface area contributed by atoms with Crippen LogP contribution in [0.5, 0.6) is 5.75 Å². The molecule has 2 heterocycles. The number of thiophene rings is 1. The zero-order chi connectivity index (χ0) is 21.3. The number of hydrogen-bond acceptors (Lipinski definition) is 5. The van der Waals surface area contributed by atoms with Crippen LogP contribution in [-0.4, -0.2) is 36.8 Å². The standard InChI is InChI=1S/C23H26N2O4S/c1-14-6-3-4-7-17(14)24-21(26)12-25-18-11-16(23(28)20-8-5-9-30-20)15(2)10-19(18)29-13-22(25)27/h5,8-11,14,17H,3-4,6-7,12-13H2,1-2H3,(H,24,26)/t14-,17-/m1/s1. The molecule has 2 atom stereocenters. The minimum atomic E-state index is -0.285. The molecule has 30 heavy (non-hydrogen) atoms. The van der Waals surface area contributed by atoms with E-state index in [9.17, 15) is 14.4 Å². The number of nitrogens with one attached hydrogen (secondary N) is 1.